The van der Waals surface area contributed by atoms with Crippen molar-refractivity contribution in [2.75, 3.05) is 39.8 Å². The molecule has 2 rings (SSSR count). The minimum atomic E-state index is -4.17. The molecule has 1 fully saturated rings. The van der Waals surface area contributed by atoms with E-state index in [9.17, 15) is 13.2 Å². The molecule has 1 saturated heterocycles. The van der Waals surface area contributed by atoms with E-state index >= 15 is 0 Å². The number of nitrogens with zero attached hydrogens (tertiary/aromatic N) is 3. The Labute approximate surface area is 170 Å². The van der Waals surface area contributed by atoms with Crippen LogP contribution in [0.2, 0.25) is 0 Å². The van der Waals surface area contributed by atoms with Crippen molar-refractivity contribution < 1.29 is 13.2 Å². The lowest BCUT2D eigenvalue weighted by Gasteiger charge is -2.39. The van der Waals surface area contributed by atoms with E-state index in [1.807, 2.05) is 23.1 Å². The van der Waals surface area contributed by atoms with Gasteiger partial charge in [-0.3, -0.25) is 9.89 Å². The topological polar surface area (TPSA) is 30.9 Å². The van der Waals surface area contributed by atoms with E-state index in [0.717, 1.165) is 25.3 Å². The molecule has 8 heteroatoms. The minimum Gasteiger partial charge on any atom is -0.356 e. The first-order valence-electron chi connectivity index (χ1n) is 8.72. The molecule has 0 radical (unpaired) electrons. The molecule has 1 N–H and O–H groups in total. The predicted octanol–water partition coefficient (Wildman–Crippen LogP) is 3.38. The number of aliphatic imine (C=N–C) groups is 1. The van der Waals surface area contributed by atoms with Crippen LogP contribution in [0.3, 0.4) is 0 Å². The summed E-state index contributed by atoms with van der Waals surface area (Å²) < 4.78 is 38.4. The standard InChI is InChI=1S/C18H27F3N4.HI/c1-15(18(19,20)21)24-11-13-25(14-12-24)17(22-2)23-10-6-9-16-7-4-3-5-8-16;/h3-5,7-8,15H,6,9-14H2,1-2H3,(H,22,23);1H. The van der Waals surface area contributed by atoms with Crippen molar-refractivity contribution in [2.24, 2.45) is 4.99 Å². The van der Waals surface area contributed by atoms with Crippen LogP contribution < -0.4 is 5.32 Å². The summed E-state index contributed by atoms with van der Waals surface area (Å²) in [6, 6.07) is 8.89. The van der Waals surface area contributed by atoms with Crippen LogP contribution in [0.15, 0.2) is 35.3 Å². The third-order valence-corrected chi connectivity index (χ3v) is 4.62. The number of guanidine groups is 1. The fourth-order valence-corrected chi connectivity index (χ4v) is 3.00. The van der Waals surface area contributed by atoms with Gasteiger partial charge < -0.3 is 10.2 Å². The van der Waals surface area contributed by atoms with Gasteiger partial charge in [0.15, 0.2) is 5.96 Å². The number of aryl methyl sites for hydroxylation is 1. The largest absolute Gasteiger partial charge is 0.403 e. The van der Waals surface area contributed by atoms with Gasteiger partial charge in [0.05, 0.1) is 0 Å². The monoisotopic (exact) mass is 484 g/mol. The quantitative estimate of drug-likeness (QED) is 0.301. The molecule has 0 aromatic heterocycles. The Kier molecular flexibility index (Phi) is 9.70. The van der Waals surface area contributed by atoms with Crippen LogP contribution in [-0.4, -0.2) is 67.7 Å². The zero-order valence-corrected chi connectivity index (χ0v) is 17.6. The van der Waals surface area contributed by atoms with Crippen molar-refractivity contribution >= 4 is 29.9 Å². The van der Waals surface area contributed by atoms with Gasteiger partial charge in [-0.1, -0.05) is 30.3 Å². The summed E-state index contributed by atoms with van der Waals surface area (Å²) in [5, 5.41) is 3.32. The van der Waals surface area contributed by atoms with Gasteiger partial charge in [-0.25, -0.2) is 0 Å². The Morgan fingerprint density at radius 3 is 2.31 bits per heavy atom. The van der Waals surface area contributed by atoms with Gasteiger partial charge in [0.2, 0.25) is 0 Å². The highest BCUT2D eigenvalue weighted by Crippen LogP contribution is 2.25. The molecule has 26 heavy (non-hydrogen) atoms. The van der Waals surface area contributed by atoms with Crippen LogP contribution in [0.5, 0.6) is 0 Å². The summed E-state index contributed by atoms with van der Waals surface area (Å²) in [5.74, 6) is 0.771. The Morgan fingerprint density at radius 2 is 1.77 bits per heavy atom. The summed E-state index contributed by atoms with van der Waals surface area (Å²) >= 11 is 0. The first-order chi connectivity index (χ1) is 11.9. The van der Waals surface area contributed by atoms with E-state index in [1.54, 1.807) is 7.05 Å². The fourth-order valence-electron chi connectivity index (χ4n) is 3.00. The number of nitrogens with one attached hydrogen (secondary N) is 1. The van der Waals surface area contributed by atoms with Crippen molar-refractivity contribution in [3.63, 3.8) is 0 Å². The van der Waals surface area contributed by atoms with Gasteiger partial charge in [0.1, 0.15) is 6.04 Å². The molecule has 1 unspecified atom stereocenters. The highest BCUT2D eigenvalue weighted by atomic mass is 127. The second kappa shape index (κ2) is 11.0. The van der Waals surface area contributed by atoms with Crippen LogP contribution in [0.4, 0.5) is 13.2 Å². The molecular formula is C18H28F3IN4. The Balaban J connectivity index is 0.00000338. The third kappa shape index (κ3) is 6.94. The second-order valence-corrected chi connectivity index (χ2v) is 6.30. The molecule has 1 aliphatic rings. The molecule has 0 amide bonds. The molecule has 0 aliphatic carbocycles. The average Bonchev–Trinajstić information content (AvgIpc) is 2.61. The van der Waals surface area contributed by atoms with Crippen LogP contribution in [0.25, 0.3) is 0 Å². The van der Waals surface area contributed by atoms with Crippen LogP contribution in [0.1, 0.15) is 18.9 Å². The average molecular weight is 484 g/mol. The minimum absolute atomic E-state index is 0. The van der Waals surface area contributed by atoms with Crippen molar-refractivity contribution in [1.29, 1.82) is 0 Å². The van der Waals surface area contributed by atoms with Gasteiger partial charge in [-0.05, 0) is 25.3 Å². The molecule has 0 bridgehead atoms. The van der Waals surface area contributed by atoms with Gasteiger partial charge >= 0.3 is 6.18 Å². The van der Waals surface area contributed by atoms with Crippen molar-refractivity contribution in [3.05, 3.63) is 35.9 Å². The Bertz CT molecular complexity index is 543. The van der Waals surface area contributed by atoms with Crippen LogP contribution in [0, 0.1) is 0 Å². The molecule has 148 valence electrons. The fraction of sp³-hybridized carbons (Fsp3) is 0.611. The van der Waals surface area contributed by atoms with Crippen LogP contribution in [-0.2, 0) is 6.42 Å². The van der Waals surface area contributed by atoms with Crippen molar-refractivity contribution in [1.82, 2.24) is 15.1 Å². The summed E-state index contributed by atoms with van der Waals surface area (Å²) in [4.78, 5) is 7.78. The highest BCUT2D eigenvalue weighted by Gasteiger charge is 2.41. The number of rotatable bonds is 5. The van der Waals surface area contributed by atoms with Crippen molar-refractivity contribution in [3.8, 4) is 0 Å². The van der Waals surface area contributed by atoms with Gasteiger partial charge in [0.25, 0.3) is 0 Å². The molecule has 0 spiro atoms. The Morgan fingerprint density at radius 1 is 1.15 bits per heavy atom. The molecule has 1 aliphatic heterocycles. The molecule has 4 nitrogen and oxygen atoms in total. The lowest BCUT2D eigenvalue weighted by molar-refractivity contribution is -0.181. The molecule has 1 heterocycles. The number of alkyl halides is 3. The SMILES string of the molecule is CN=C(NCCCc1ccccc1)N1CCN(C(C)C(F)(F)F)CC1.I. The molecule has 1 atom stereocenters. The van der Waals surface area contributed by atoms with E-state index in [1.165, 1.54) is 17.4 Å². The van der Waals surface area contributed by atoms with Gasteiger partial charge in [0, 0.05) is 39.8 Å². The second-order valence-electron chi connectivity index (χ2n) is 6.30. The molecular weight excluding hydrogens is 456 g/mol. The summed E-state index contributed by atoms with van der Waals surface area (Å²) in [6.07, 6.45) is -2.20. The maximum absolute atomic E-state index is 12.8. The van der Waals surface area contributed by atoms with Gasteiger partial charge in [-0.15, -0.1) is 24.0 Å². The van der Waals surface area contributed by atoms with E-state index in [2.05, 4.69) is 22.4 Å². The lowest BCUT2D eigenvalue weighted by atomic mass is 10.1. The third-order valence-electron chi connectivity index (χ3n) is 4.62. The van der Waals surface area contributed by atoms with Crippen molar-refractivity contribution in [2.45, 2.75) is 32.0 Å². The van der Waals surface area contributed by atoms with Gasteiger partial charge in [-0.2, -0.15) is 13.2 Å². The maximum Gasteiger partial charge on any atom is 0.403 e. The normalized spacial score (nSPS) is 17.6. The van der Waals surface area contributed by atoms with E-state index in [4.69, 9.17) is 0 Å². The number of hydrogen-bond donors (Lipinski definition) is 1. The summed E-state index contributed by atoms with van der Waals surface area (Å²) in [5.41, 5.74) is 1.30. The number of halogens is 4. The number of benzene rings is 1. The Hall–Kier alpha value is -1.03. The zero-order chi connectivity index (χ0) is 18.3. The molecule has 0 saturated carbocycles. The first kappa shape index (κ1) is 23.0. The summed E-state index contributed by atoms with van der Waals surface area (Å²) in [6.45, 7) is 3.92. The van der Waals surface area contributed by atoms with E-state index in [-0.39, 0.29) is 24.0 Å². The summed E-state index contributed by atoms with van der Waals surface area (Å²) in [7, 11) is 1.71. The lowest BCUT2D eigenvalue weighted by Crippen LogP contribution is -2.56. The first-order valence-corrected chi connectivity index (χ1v) is 8.72. The maximum atomic E-state index is 12.8. The van der Waals surface area contributed by atoms with E-state index < -0.39 is 12.2 Å². The smallest absolute Gasteiger partial charge is 0.356 e. The number of piperazine rings is 1. The molecule has 1 aromatic rings. The molecule has 1 aromatic carbocycles. The van der Waals surface area contributed by atoms with E-state index in [0.29, 0.717) is 26.2 Å². The predicted molar refractivity (Wildman–Crippen MR) is 110 cm³/mol. The highest BCUT2D eigenvalue weighted by molar-refractivity contribution is 14.0. The number of hydrogen-bond acceptors (Lipinski definition) is 2. The van der Waals surface area contributed by atoms with Crippen LogP contribution >= 0.6 is 24.0 Å². The zero-order valence-electron chi connectivity index (χ0n) is 15.3.